The molecular formula is C21H21ClFN3O. The molecule has 4 rings (SSSR count). The van der Waals surface area contributed by atoms with E-state index in [1.54, 1.807) is 12.1 Å². The Bertz CT molecular complexity index is 949. The lowest BCUT2D eigenvalue weighted by molar-refractivity contribution is -0.690. The highest BCUT2D eigenvalue weighted by Gasteiger charge is 2.29. The molecule has 4 nitrogen and oxygen atoms in total. The van der Waals surface area contributed by atoms with Crippen LogP contribution in [-0.4, -0.2) is 10.5 Å². The largest absolute Gasteiger partial charge is 1.00 e. The summed E-state index contributed by atoms with van der Waals surface area (Å²) in [6.07, 6.45) is 4.12. The van der Waals surface area contributed by atoms with Gasteiger partial charge in [-0.25, -0.2) is 13.5 Å². The van der Waals surface area contributed by atoms with Crippen LogP contribution in [0.4, 0.5) is 10.1 Å². The number of anilines is 1. The summed E-state index contributed by atoms with van der Waals surface area (Å²) in [6.45, 7) is 3.30. The first-order chi connectivity index (χ1) is 12.6. The summed E-state index contributed by atoms with van der Waals surface area (Å²) in [7, 11) is 0. The second-order valence-electron chi connectivity index (χ2n) is 6.73. The van der Waals surface area contributed by atoms with Crippen molar-refractivity contribution in [2.24, 2.45) is 0 Å². The molecule has 0 fully saturated rings. The number of aromatic nitrogens is 2. The molecule has 0 aliphatic carbocycles. The lowest BCUT2D eigenvalue weighted by atomic mass is 10.1. The average Bonchev–Trinajstić information content (AvgIpc) is 3.22. The first kappa shape index (κ1) is 19.1. The first-order valence-corrected chi connectivity index (χ1v) is 8.84. The molecule has 0 unspecified atom stereocenters. The SMILES string of the molecule is Cc1ccc(-c2c[n+](CC(=O)Nc3ccc(F)cc3)c3n2CCC3)cc1.[Cl-]. The van der Waals surface area contributed by atoms with Crippen LogP contribution in [-0.2, 0) is 24.3 Å². The fourth-order valence-corrected chi connectivity index (χ4v) is 3.49. The second-order valence-corrected chi connectivity index (χ2v) is 6.73. The van der Waals surface area contributed by atoms with Crippen molar-refractivity contribution in [3.8, 4) is 11.3 Å². The number of hydrogen-bond donors (Lipinski definition) is 1. The van der Waals surface area contributed by atoms with E-state index < -0.39 is 0 Å². The molecule has 1 aromatic heterocycles. The molecule has 2 aromatic carbocycles. The van der Waals surface area contributed by atoms with Crippen LogP contribution in [0.1, 0.15) is 17.8 Å². The van der Waals surface area contributed by atoms with Crippen LogP contribution in [0.2, 0.25) is 0 Å². The molecule has 1 amide bonds. The highest BCUT2D eigenvalue weighted by atomic mass is 35.5. The Morgan fingerprint density at radius 1 is 1.15 bits per heavy atom. The van der Waals surface area contributed by atoms with E-state index in [4.69, 9.17) is 0 Å². The maximum absolute atomic E-state index is 13.0. The normalized spacial score (nSPS) is 12.4. The van der Waals surface area contributed by atoms with Gasteiger partial charge in [0.2, 0.25) is 0 Å². The number of hydrogen-bond acceptors (Lipinski definition) is 1. The van der Waals surface area contributed by atoms with E-state index >= 15 is 0 Å². The molecule has 27 heavy (non-hydrogen) atoms. The Morgan fingerprint density at radius 3 is 2.56 bits per heavy atom. The van der Waals surface area contributed by atoms with E-state index in [2.05, 4.69) is 47.3 Å². The number of carbonyl (C=O) groups is 1. The topological polar surface area (TPSA) is 37.9 Å². The third-order valence-electron chi connectivity index (χ3n) is 4.78. The third-order valence-corrected chi connectivity index (χ3v) is 4.78. The lowest BCUT2D eigenvalue weighted by Gasteiger charge is -2.04. The summed E-state index contributed by atoms with van der Waals surface area (Å²) in [5, 5.41) is 2.83. The number of amides is 1. The molecule has 0 radical (unpaired) electrons. The fourth-order valence-electron chi connectivity index (χ4n) is 3.49. The highest BCUT2D eigenvalue weighted by molar-refractivity contribution is 5.89. The van der Waals surface area contributed by atoms with Crippen molar-refractivity contribution in [2.45, 2.75) is 32.9 Å². The van der Waals surface area contributed by atoms with Crippen LogP contribution in [0, 0.1) is 12.7 Å². The lowest BCUT2D eigenvalue weighted by Crippen LogP contribution is -3.00. The maximum Gasteiger partial charge on any atom is 0.266 e. The van der Waals surface area contributed by atoms with Crippen LogP contribution >= 0.6 is 0 Å². The van der Waals surface area contributed by atoms with Crippen molar-refractivity contribution >= 4 is 11.6 Å². The van der Waals surface area contributed by atoms with Gasteiger partial charge in [0.15, 0.2) is 12.2 Å². The molecule has 1 N–H and O–H groups in total. The molecule has 2 heterocycles. The zero-order valence-corrected chi connectivity index (χ0v) is 15.8. The fraction of sp³-hybridized carbons (Fsp3) is 0.238. The summed E-state index contributed by atoms with van der Waals surface area (Å²) in [4.78, 5) is 12.4. The van der Waals surface area contributed by atoms with E-state index in [1.807, 2.05) is 4.57 Å². The maximum atomic E-state index is 13.0. The predicted molar refractivity (Wildman–Crippen MR) is 98.2 cm³/mol. The van der Waals surface area contributed by atoms with Crippen LogP contribution in [0.25, 0.3) is 11.3 Å². The van der Waals surface area contributed by atoms with Gasteiger partial charge < -0.3 is 17.7 Å². The summed E-state index contributed by atoms with van der Waals surface area (Å²) >= 11 is 0. The highest BCUT2D eigenvalue weighted by Crippen LogP contribution is 2.25. The average molecular weight is 386 g/mol. The molecule has 1 aliphatic rings. The zero-order valence-electron chi connectivity index (χ0n) is 15.1. The molecule has 140 valence electrons. The van der Waals surface area contributed by atoms with Crippen molar-refractivity contribution in [3.05, 3.63) is 71.9 Å². The number of carbonyl (C=O) groups excluding carboxylic acids is 1. The molecule has 0 saturated carbocycles. The summed E-state index contributed by atoms with van der Waals surface area (Å²) in [5.74, 6) is 0.748. The zero-order chi connectivity index (χ0) is 18.1. The van der Waals surface area contributed by atoms with E-state index in [0.717, 1.165) is 30.6 Å². The van der Waals surface area contributed by atoms with Gasteiger partial charge in [-0.3, -0.25) is 4.79 Å². The number of halogens is 2. The number of rotatable bonds is 4. The van der Waals surface area contributed by atoms with Crippen LogP contribution < -0.4 is 22.3 Å². The second kappa shape index (κ2) is 7.92. The Morgan fingerprint density at radius 2 is 1.85 bits per heavy atom. The van der Waals surface area contributed by atoms with E-state index in [1.165, 1.54) is 23.5 Å². The van der Waals surface area contributed by atoms with Gasteiger partial charge in [0.1, 0.15) is 12.0 Å². The van der Waals surface area contributed by atoms with Crippen LogP contribution in [0.15, 0.2) is 54.7 Å². The van der Waals surface area contributed by atoms with Crippen molar-refractivity contribution in [1.82, 2.24) is 4.57 Å². The van der Waals surface area contributed by atoms with E-state index in [-0.39, 0.29) is 30.7 Å². The quantitative estimate of drug-likeness (QED) is 0.652. The van der Waals surface area contributed by atoms with Gasteiger partial charge in [-0.15, -0.1) is 0 Å². The van der Waals surface area contributed by atoms with E-state index in [9.17, 15) is 9.18 Å². The van der Waals surface area contributed by atoms with Crippen LogP contribution in [0.3, 0.4) is 0 Å². The smallest absolute Gasteiger partial charge is 0.266 e. The summed E-state index contributed by atoms with van der Waals surface area (Å²) < 4.78 is 17.3. The molecule has 0 atom stereocenters. The van der Waals surface area contributed by atoms with Crippen LogP contribution in [0.5, 0.6) is 0 Å². The predicted octanol–water partition coefficient (Wildman–Crippen LogP) is 0.479. The van der Waals surface area contributed by atoms with Gasteiger partial charge in [-0.2, -0.15) is 0 Å². The van der Waals surface area contributed by atoms with Gasteiger partial charge in [0, 0.05) is 11.3 Å². The number of nitrogens with one attached hydrogen (secondary N) is 1. The first-order valence-electron chi connectivity index (χ1n) is 8.84. The Hall–Kier alpha value is -2.66. The third kappa shape index (κ3) is 4.03. The van der Waals surface area contributed by atoms with E-state index in [0.29, 0.717) is 5.69 Å². The number of nitrogens with zero attached hydrogens (tertiary/aromatic N) is 2. The van der Waals surface area contributed by atoms with Gasteiger partial charge in [-0.05, 0) is 37.6 Å². The van der Waals surface area contributed by atoms with Crippen molar-refractivity contribution in [1.29, 1.82) is 0 Å². The monoisotopic (exact) mass is 385 g/mol. The van der Waals surface area contributed by atoms with Gasteiger partial charge >= 0.3 is 0 Å². The minimum absolute atomic E-state index is 0. The standard InChI is InChI=1S/C21H20FN3O.ClH/c1-15-4-6-16(7-5-15)19-13-24(21-3-2-12-25(19)21)14-20(26)23-18-10-8-17(22)9-11-18;/h4-11,13H,2-3,12,14H2,1H3;1H. The van der Waals surface area contributed by atoms with Crippen molar-refractivity contribution in [2.75, 3.05) is 5.32 Å². The molecule has 0 saturated heterocycles. The summed E-state index contributed by atoms with van der Waals surface area (Å²) in [6, 6.07) is 14.3. The number of fused-ring (bicyclic) bond motifs is 1. The minimum atomic E-state index is -0.314. The molecular weight excluding hydrogens is 365 g/mol. The minimum Gasteiger partial charge on any atom is -1.00 e. The molecule has 1 aliphatic heterocycles. The molecule has 0 spiro atoms. The van der Waals surface area contributed by atoms with Crippen molar-refractivity contribution in [3.63, 3.8) is 0 Å². The number of aryl methyl sites for hydroxylation is 1. The molecule has 3 aromatic rings. The number of imidazole rings is 1. The molecule has 6 heteroatoms. The number of benzene rings is 2. The Balaban J connectivity index is 0.00000210. The van der Waals surface area contributed by atoms with Crippen molar-refractivity contribution < 1.29 is 26.2 Å². The Kier molecular flexibility index (Phi) is 5.61. The van der Waals surface area contributed by atoms with Gasteiger partial charge in [0.05, 0.1) is 13.0 Å². The Labute approximate surface area is 164 Å². The summed E-state index contributed by atoms with van der Waals surface area (Å²) in [5.41, 5.74) is 4.14. The molecule has 0 bridgehead atoms. The van der Waals surface area contributed by atoms with Gasteiger partial charge in [0.25, 0.3) is 11.7 Å². The van der Waals surface area contributed by atoms with Gasteiger partial charge in [-0.1, -0.05) is 29.8 Å².